The maximum absolute atomic E-state index is 12.0. The van der Waals surface area contributed by atoms with Gasteiger partial charge in [-0.25, -0.2) is 4.98 Å². The molecule has 0 spiro atoms. The molecule has 1 aromatic heterocycles. The monoisotopic (exact) mass is 268 g/mol. The van der Waals surface area contributed by atoms with Crippen molar-refractivity contribution in [2.45, 2.75) is 59.4 Å². The Balaban J connectivity index is 2.40. The van der Waals surface area contributed by atoms with Gasteiger partial charge in [-0.1, -0.05) is 13.3 Å². The maximum atomic E-state index is 12.0. The van der Waals surface area contributed by atoms with E-state index in [1.165, 1.54) is 4.88 Å². The van der Waals surface area contributed by atoms with E-state index in [1.807, 2.05) is 27.7 Å². The van der Waals surface area contributed by atoms with E-state index < -0.39 is 0 Å². The highest BCUT2D eigenvalue weighted by Crippen LogP contribution is 2.19. The highest BCUT2D eigenvalue weighted by Gasteiger charge is 2.15. The average molecular weight is 268 g/mol. The second kappa shape index (κ2) is 7.00. The van der Waals surface area contributed by atoms with Gasteiger partial charge in [0.15, 0.2) is 0 Å². The third-order valence-corrected chi connectivity index (χ3v) is 4.32. The van der Waals surface area contributed by atoms with Gasteiger partial charge in [-0.05, 0) is 33.6 Å². The molecule has 1 rings (SSSR count). The molecule has 0 amide bonds. The molecule has 2 atom stereocenters. The Morgan fingerprint density at radius 2 is 2.00 bits per heavy atom. The van der Waals surface area contributed by atoms with Crippen molar-refractivity contribution in [3.8, 4) is 0 Å². The molecular weight excluding hydrogens is 244 g/mol. The van der Waals surface area contributed by atoms with Gasteiger partial charge in [0.25, 0.3) is 0 Å². The number of ketones is 1. The number of nitrogens with two attached hydrogens (primary N) is 1. The Kier molecular flexibility index (Phi) is 5.96. The number of hydrogen-bond acceptors (Lipinski definition) is 4. The van der Waals surface area contributed by atoms with Crippen molar-refractivity contribution in [1.82, 2.24) is 4.98 Å². The molecule has 3 nitrogen and oxygen atoms in total. The van der Waals surface area contributed by atoms with E-state index in [2.05, 4.69) is 4.98 Å². The first-order valence-corrected chi connectivity index (χ1v) is 7.43. The number of thiazole rings is 1. The van der Waals surface area contributed by atoms with Gasteiger partial charge < -0.3 is 5.73 Å². The smallest absolute Gasteiger partial charge is 0.142 e. The molecule has 18 heavy (non-hydrogen) atoms. The SMILES string of the molecule is Cc1nc(CC(=O)C(C)CCCC(C)N)sc1C. The molecule has 0 aromatic carbocycles. The van der Waals surface area contributed by atoms with Crippen molar-refractivity contribution in [3.05, 3.63) is 15.6 Å². The van der Waals surface area contributed by atoms with Gasteiger partial charge in [-0.3, -0.25) is 4.79 Å². The first-order valence-electron chi connectivity index (χ1n) is 6.61. The van der Waals surface area contributed by atoms with Gasteiger partial charge in [0.05, 0.1) is 12.1 Å². The number of aryl methyl sites for hydroxylation is 2. The quantitative estimate of drug-likeness (QED) is 0.827. The summed E-state index contributed by atoms with van der Waals surface area (Å²) in [5.41, 5.74) is 6.75. The Morgan fingerprint density at radius 3 is 2.50 bits per heavy atom. The van der Waals surface area contributed by atoms with Crippen LogP contribution in [0.25, 0.3) is 0 Å². The Hall–Kier alpha value is -0.740. The molecule has 0 saturated heterocycles. The van der Waals surface area contributed by atoms with Crippen LogP contribution in [0.5, 0.6) is 0 Å². The van der Waals surface area contributed by atoms with Crippen molar-refractivity contribution in [2.75, 3.05) is 0 Å². The largest absolute Gasteiger partial charge is 0.328 e. The Morgan fingerprint density at radius 1 is 1.33 bits per heavy atom. The standard InChI is InChI=1S/C14H24N2OS/c1-9(6-5-7-10(2)15)13(17)8-14-16-11(3)12(4)18-14/h9-10H,5-8,15H2,1-4H3. The van der Waals surface area contributed by atoms with Crippen LogP contribution in [-0.4, -0.2) is 16.8 Å². The van der Waals surface area contributed by atoms with Crippen LogP contribution in [0, 0.1) is 19.8 Å². The molecule has 0 aliphatic carbocycles. The minimum Gasteiger partial charge on any atom is -0.328 e. The molecule has 0 bridgehead atoms. The predicted octanol–water partition coefficient (Wildman–Crippen LogP) is 3.03. The molecule has 0 aliphatic heterocycles. The molecule has 2 unspecified atom stereocenters. The van der Waals surface area contributed by atoms with Crippen molar-refractivity contribution in [3.63, 3.8) is 0 Å². The third kappa shape index (κ3) is 4.86. The Bertz CT molecular complexity index is 379. The van der Waals surface area contributed by atoms with Crippen LogP contribution in [0.15, 0.2) is 0 Å². The molecule has 0 aliphatic rings. The van der Waals surface area contributed by atoms with Gasteiger partial charge in [0.2, 0.25) is 0 Å². The molecular formula is C14H24N2OS. The third-order valence-electron chi connectivity index (χ3n) is 3.24. The van der Waals surface area contributed by atoms with Gasteiger partial charge in [-0.2, -0.15) is 0 Å². The van der Waals surface area contributed by atoms with E-state index in [9.17, 15) is 4.79 Å². The molecule has 1 heterocycles. The summed E-state index contributed by atoms with van der Waals surface area (Å²) in [5, 5.41) is 0.953. The highest BCUT2D eigenvalue weighted by atomic mass is 32.1. The number of carbonyl (C=O) groups is 1. The van der Waals surface area contributed by atoms with Crippen LogP contribution in [0.1, 0.15) is 48.7 Å². The lowest BCUT2D eigenvalue weighted by molar-refractivity contribution is -0.121. The molecule has 1 aromatic rings. The van der Waals surface area contributed by atoms with E-state index in [1.54, 1.807) is 11.3 Å². The van der Waals surface area contributed by atoms with Crippen LogP contribution in [0.2, 0.25) is 0 Å². The van der Waals surface area contributed by atoms with Crippen molar-refractivity contribution in [1.29, 1.82) is 0 Å². The zero-order valence-corrected chi connectivity index (χ0v) is 12.6. The average Bonchev–Trinajstić information content (AvgIpc) is 2.57. The number of nitrogens with zero attached hydrogens (tertiary/aromatic N) is 1. The fraction of sp³-hybridized carbons (Fsp3) is 0.714. The topological polar surface area (TPSA) is 56.0 Å². The summed E-state index contributed by atoms with van der Waals surface area (Å²) < 4.78 is 0. The molecule has 102 valence electrons. The van der Waals surface area contributed by atoms with Gasteiger partial charge in [-0.15, -0.1) is 11.3 Å². The number of Topliss-reactive ketones (excluding diaryl/α,β-unsaturated/α-hetero) is 1. The first-order chi connectivity index (χ1) is 8.40. The number of carbonyl (C=O) groups excluding carboxylic acids is 1. The second-order valence-electron chi connectivity index (χ2n) is 5.20. The zero-order valence-electron chi connectivity index (χ0n) is 11.8. The van der Waals surface area contributed by atoms with E-state index in [0.29, 0.717) is 12.2 Å². The van der Waals surface area contributed by atoms with Gasteiger partial charge >= 0.3 is 0 Å². The van der Waals surface area contributed by atoms with Gasteiger partial charge in [0.1, 0.15) is 10.8 Å². The van der Waals surface area contributed by atoms with E-state index in [0.717, 1.165) is 30.0 Å². The van der Waals surface area contributed by atoms with Crippen LogP contribution in [-0.2, 0) is 11.2 Å². The second-order valence-corrected chi connectivity index (χ2v) is 6.49. The summed E-state index contributed by atoms with van der Waals surface area (Å²) in [6.07, 6.45) is 3.44. The molecule has 4 heteroatoms. The lowest BCUT2D eigenvalue weighted by Gasteiger charge is -2.10. The molecule has 0 saturated carbocycles. The summed E-state index contributed by atoms with van der Waals surface area (Å²) >= 11 is 1.64. The Labute approximate surface area is 114 Å². The van der Waals surface area contributed by atoms with Crippen molar-refractivity contribution >= 4 is 17.1 Å². The maximum Gasteiger partial charge on any atom is 0.142 e. The summed E-state index contributed by atoms with van der Waals surface area (Å²) in [6, 6.07) is 0.233. The first kappa shape index (κ1) is 15.3. The van der Waals surface area contributed by atoms with E-state index >= 15 is 0 Å². The fourth-order valence-corrected chi connectivity index (χ4v) is 2.79. The molecule has 0 fully saturated rings. The van der Waals surface area contributed by atoms with E-state index in [4.69, 9.17) is 5.73 Å². The lowest BCUT2D eigenvalue weighted by atomic mass is 9.96. The van der Waals surface area contributed by atoms with Crippen molar-refractivity contribution in [2.24, 2.45) is 11.7 Å². The summed E-state index contributed by atoms with van der Waals surface area (Å²) in [4.78, 5) is 17.7. The molecule has 0 radical (unpaired) electrons. The number of rotatable bonds is 7. The van der Waals surface area contributed by atoms with Crippen molar-refractivity contribution < 1.29 is 4.79 Å². The lowest BCUT2D eigenvalue weighted by Crippen LogP contribution is -2.17. The van der Waals surface area contributed by atoms with Crippen LogP contribution in [0.4, 0.5) is 0 Å². The minimum atomic E-state index is 0.119. The summed E-state index contributed by atoms with van der Waals surface area (Å²) in [5.74, 6) is 0.418. The highest BCUT2D eigenvalue weighted by molar-refractivity contribution is 7.11. The van der Waals surface area contributed by atoms with Crippen LogP contribution in [0.3, 0.4) is 0 Å². The van der Waals surface area contributed by atoms with Crippen LogP contribution < -0.4 is 5.73 Å². The number of hydrogen-bond donors (Lipinski definition) is 1. The molecule has 2 N–H and O–H groups in total. The number of aromatic nitrogens is 1. The normalized spacial score (nSPS) is 14.5. The minimum absolute atomic E-state index is 0.119. The van der Waals surface area contributed by atoms with Gasteiger partial charge in [0, 0.05) is 16.8 Å². The fourth-order valence-electron chi connectivity index (χ4n) is 1.85. The summed E-state index contributed by atoms with van der Waals surface area (Å²) in [7, 11) is 0. The van der Waals surface area contributed by atoms with Crippen LogP contribution >= 0.6 is 11.3 Å². The summed E-state index contributed by atoms with van der Waals surface area (Å²) in [6.45, 7) is 8.06. The predicted molar refractivity (Wildman–Crippen MR) is 77.0 cm³/mol. The zero-order chi connectivity index (χ0) is 13.7. The van der Waals surface area contributed by atoms with E-state index in [-0.39, 0.29) is 12.0 Å².